The number of para-hydroxylation sites is 1. The van der Waals surface area contributed by atoms with Crippen molar-refractivity contribution in [3.05, 3.63) is 66.9 Å². The lowest BCUT2D eigenvalue weighted by Gasteiger charge is -2.11. The Morgan fingerprint density at radius 1 is 1.06 bits per heavy atom. The van der Waals surface area contributed by atoms with E-state index in [0.717, 1.165) is 39.6 Å². The average Bonchev–Trinajstić information content (AvgIpc) is 3.44. The van der Waals surface area contributed by atoms with Crippen LogP contribution in [0.15, 0.2) is 71.0 Å². The highest BCUT2D eigenvalue weighted by atomic mass is 32.2. The van der Waals surface area contributed by atoms with Gasteiger partial charge in [-0.1, -0.05) is 30.0 Å². The van der Waals surface area contributed by atoms with E-state index in [1.54, 1.807) is 41.1 Å². The van der Waals surface area contributed by atoms with E-state index in [0.29, 0.717) is 11.3 Å². The lowest BCUT2D eigenvalue weighted by Crippen LogP contribution is -2.22. The summed E-state index contributed by atoms with van der Waals surface area (Å²) in [5, 5.41) is 6.20. The van der Waals surface area contributed by atoms with Crippen LogP contribution < -0.4 is 0 Å². The van der Waals surface area contributed by atoms with Gasteiger partial charge in [0.05, 0.1) is 39.0 Å². The maximum absolute atomic E-state index is 12.5. The van der Waals surface area contributed by atoms with Gasteiger partial charge < -0.3 is 4.57 Å². The van der Waals surface area contributed by atoms with Gasteiger partial charge in [-0.25, -0.2) is 32.4 Å². The lowest BCUT2D eigenvalue weighted by molar-refractivity contribution is 0.521. The van der Waals surface area contributed by atoms with Crippen LogP contribution in [0, 0.1) is 0 Å². The Bertz CT molecular complexity index is 1590. The highest BCUT2D eigenvalue weighted by Crippen LogP contribution is 2.30. The summed E-state index contributed by atoms with van der Waals surface area (Å²) < 4.78 is 30.2. The molecule has 0 amide bonds. The minimum atomic E-state index is -3.53. The van der Waals surface area contributed by atoms with Crippen LogP contribution in [0.2, 0.25) is 0 Å². The first-order valence-electron chi connectivity index (χ1n) is 10.7. The van der Waals surface area contributed by atoms with Crippen LogP contribution >= 0.6 is 11.8 Å². The summed E-state index contributed by atoms with van der Waals surface area (Å²) >= 11 is 1.56. The molecule has 0 saturated heterocycles. The molecule has 174 valence electrons. The van der Waals surface area contributed by atoms with Gasteiger partial charge in [0.25, 0.3) is 0 Å². The molecule has 0 aliphatic rings. The average molecular weight is 494 g/mol. The van der Waals surface area contributed by atoms with Crippen molar-refractivity contribution >= 4 is 43.9 Å². The van der Waals surface area contributed by atoms with E-state index in [4.69, 9.17) is 4.98 Å². The van der Waals surface area contributed by atoms with Crippen LogP contribution in [0.1, 0.15) is 12.7 Å². The van der Waals surface area contributed by atoms with Crippen molar-refractivity contribution < 1.29 is 8.42 Å². The summed E-state index contributed by atoms with van der Waals surface area (Å²) in [6.07, 6.45) is 3.33. The Morgan fingerprint density at radius 3 is 2.59 bits per heavy atom. The van der Waals surface area contributed by atoms with E-state index in [2.05, 4.69) is 19.6 Å². The normalized spacial score (nSPS) is 12.2. The molecule has 0 radical (unpaired) electrons. The molecule has 11 heteroatoms. The fraction of sp³-hybridized carbons (Fsp3) is 0.217. The number of sulfonamides is 1. The summed E-state index contributed by atoms with van der Waals surface area (Å²) in [5.41, 5.74) is 3.24. The Kier molecular flexibility index (Phi) is 5.84. The summed E-state index contributed by atoms with van der Waals surface area (Å²) in [6.45, 7) is 2.77. The first-order valence-corrected chi connectivity index (χ1v) is 13.1. The number of hydrogen-bond donors (Lipinski definition) is 0. The molecular weight excluding hydrogens is 470 g/mol. The number of aromatic nitrogens is 6. The first-order chi connectivity index (χ1) is 16.4. The maximum atomic E-state index is 12.5. The zero-order valence-corrected chi connectivity index (χ0v) is 20.6. The molecule has 0 atom stereocenters. The number of benzene rings is 2. The minimum absolute atomic E-state index is 0.232. The minimum Gasteiger partial charge on any atom is -0.328 e. The largest absolute Gasteiger partial charge is 0.328 e. The highest BCUT2D eigenvalue weighted by molar-refractivity contribution is 7.98. The number of aryl methyl sites for hydroxylation is 1. The zero-order chi connectivity index (χ0) is 23.9. The molecule has 3 heterocycles. The Labute approximate surface area is 201 Å². The predicted molar refractivity (Wildman–Crippen MR) is 133 cm³/mol. The van der Waals surface area contributed by atoms with Gasteiger partial charge in [0.1, 0.15) is 17.2 Å². The number of imidazole rings is 1. The van der Waals surface area contributed by atoms with Crippen molar-refractivity contribution in [3.8, 4) is 5.69 Å². The smallest absolute Gasteiger partial charge is 0.242 e. The molecule has 5 aromatic rings. The standard InChI is InChI=1S/C23H23N7O2S2/c1-4-29-20-11-10-17(34(31,32)28(2)3)12-19(20)27-21(29)14-33-23-18-13-26-30(22(18)24-15-25-23)16-8-6-5-7-9-16/h5-13,15H,4,14H2,1-3H3. The lowest BCUT2D eigenvalue weighted by atomic mass is 10.3. The molecule has 2 aromatic carbocycles. The summed E-state index contributed by atoms with van der Waals surface area (Å²) in [4.78, 5) is 13.9. The molecule has 0 unspecified atom stereocenters. The third-order valence-electron chi connectivity index (χ3n) is 5.56. The third kappa shape index (κ3) is 3.85. The van der Waals surface area contributed by atoms with E-state index in [9.17, 15) is 8.42 Å². The van der Waals surface area contributed by atoms with Crippen molar-refractivity contribution in [2.45, 2.75) is 29.1 Å². The number of nitrogens with zero attached hydrogens (tertiary/aromatic N) is 7. The van der Waals surface area contributed by atoms with Gasteiger partial charge in [-0.2, -0.15) is 5.10 Å². The molecule has 0 fully saturated rings. The van der Waals surface area contributed by atoms with Gasteiger partial charge in [0.2, 0.25) is 10.0 Å². The van der Waals surface area contributed by atoms with Crippen LogP contribution in [0.4, 0.5) is 0 Å². The Hall–Kier alpha value is -3.28. The van der Waals surface area contributed by atoms with Gasteiger partial charge in [-0.15, -0.1) is 0 Å². The topological polar surface area (TPSA) is 98.8 Å². The van der Waals surface area contributed by atoms with Crippen LogP contribution in [-0.2, 0) is 22.3 Å². The van der Waals surface area contributed by atoms with Crippen molar-refractivity contribution in [3.63, 3.8) is 0 Å². The zero-order valence-electron chi connectivity index (χ0n) is 19.0. The SMILES string of the molecule is CCn1c(CSc2ncnc3c2cnn3-c2ccccc2)nc2cc(S(=O)(=O)N(C)C)ccc21. The second-order valence-corrected chi connectivity index (χ2v) is 10.9. The van der Waals surface area contributed by atoms with Crippen LogP contribution in [-0.4, -0.2) is 56.1 Å². The molecule has 0 aliphatic heterocycles. The van der Waals surface area contributed by atoms with Crippen LogP contribution in [0.3, 0.4) is 0 Å². The van der Waals surface area contributed by atoms with Crippen molar-refractivity contribution in [1.82, 2.24) is 33.6 Å². The van der Waals surface area contributed by atoms with Gasteiger partial charge in [-0.05, 0) is 37.3 Å². The number of hydrogen-bond acceptors (Lipinski definition) is 7. The van der Waals surface area contributed by atoms with Gasteiger partial charge >= 0.3 is 0 Å². The molecule has 0 spiro atoms. The summed E-state index contributed by atoms with van der Waals surface area (Å²) in [6, 6.07) is 14.9. The summed E-state index contributed by atoms with van der Waals surface area (Å²) in [7, 11) is -0.481. The second kappa shape index (κ2) is 8.82. The van der Waals surface area contributed by atoms with E-state index in [1.807, 2.05) is 43.3 Å². The van der Waals surface area contributed by atoms with Crippen LogP contribution in [0.25, 0.3) is 27.8 Å². The fourth-order valence-corrected chi connectivity index (χ4v) is 5.65. The molecule has 3 aromatic heterocycles. The molecule has 5 rings (SSSR count). The van der Waals surface area contributed by atoms with Gasteiger partial charge in [-0.3, -0.25) is 0 Å². The number of thioether (sulfide) groups is 1. The fourth-order valence-electron chi connectivity index (χ4n) is 3.82. The molecule has 0 N–H and O–H groups in total. The maximum Gasteiger partial charge on any atom is 0.242 e. The third-order valence-corrected chi connectivity index (χ3v) is 8.37. The molecule has 0 aliphatic carbocycles. The van der Waals surface area contributed by atoms with Crippen molar-refractivity contribution in [2.75, 3.05) is 14.1 Å². The van der Waals surface area contributed by atoms with E-state index < -0.39 is 10.0 Å². The Morgan fingerprint density at radius 2 is 1.85 bits per heavy atom. The predicted octanol–water partition coefficient (Wildman–Crippen LogP) is 3.73. The van der Waals surface area contributed by atoms with Crippen molar-refractivity contribution in [1.29, 1.82) is 0 Å². The van der Waals surface area contributed by atoms with E-state index in [1.165, 1.54) is 18.4 Å². The number of fused-ring (bicyclic) bond motifs is 2. The monoisotopic (exact) mass is 493 g/mol. The molecular formula is C23H23N7O2S2. The summed E-state index contributed by atoms with van der Waals surface area (Å²) in [5.74, 6) is 1.42. The highest BCUT2D eigenvalue weighted by Gasteiger charge is 2.20. The van der Waals surface area contributed by atoms with Gasteiger partial charge in [0.15, 0.2) is 5.65 Å². The van der Waals surface area contributed by atoms with Crippen LogP contribution in [0.5, 0.6) is 0 Å². The van der Waals surface area contributed by atoms with E-state index >= 15 is 0 Å². The molecule has 9 nitrogen and oxygen atoms in total. The molecule has 0 saturated carbocycles. The Balaban J connectivity index is 1.48. The molecule has 0 bridgehead atoms. The number of rotatable bonds is 7. The first kappa shape index (κ1) is 22.5. The molecule has 34 heavy (non-hydrogen) atoms. The second-order valence-electron chi connectivity index (χ2n) is 7.81. The van der Waals surface area contributed by atoms with Gasteiger partial charge in [0, 0.05) is 20.6 Å². The van der Waals surface area contributed by atoms with Crippen molar-refractivity contribution in [2.24, 2.45) is 0 Å². The van der Waals surface area contributed by atoms with E-state index in [-0.39, 0.29) is 4.90 Å². The quantitative estimate of drug-likeness (QED) is 0.252.